The van der Waals surface area contributed by atoms with E-state index in [9.17, 15) is 0 Å². The molecular formula is C14H17N3. The molecule has 0 atom stereocenters. The highest BCUT2D eigenvalue weighted by Crippen LogP contribution is 2.07. The van der Waals surface area contributed by atoms with E-state index >= 15 is 0 Å². The van der Waals surface area contributed by atoms with Gasteiger partial charge in [-0.05, 0) is 49.6 Å². The maximum atomic E-state index is 4.40. The van der Waals surface area contributed by atoms with Gasteiger partial charge in [0.1, 0.15) is 5.82 Å². The van der Waals surface area contributed by atoms with Crippen LogP contribution < -0.4 is 5.32 Å². The normalized spacial score (nSPS) is 10.2. The third-order valence-electron chi connectivity index (χ3n) is 2.73. The number of rotatable bonds is 4. The lowest BCUT2D eigenvalue weighted by Gasteiger charge is -2.07. The van der Waals surface area contributed by atoms with Gasteiger partial charge in [0.2, 0.25) is 0 Å². The van der Waals surface area contributed by atoms with E-state index in [1.165, 1.54) is 11.1 Å². The van der Waals surface area contributed by atoms with Crippen LogP contribution in [0.3, 0.4) is 0 Å². The number of anilines is 1. The topological polar surface area (TPSA) is 37.8 Å². The fourth-order valence-electron chi connectivity index (χ4n) is 1.75. The second-order valence-electron chi connectivity index (χ2n) is 4.14. The summed E-state index contributed by atoms with van der Waals surface area (Å²) in [5.74, 6) is 0.941. The Hall–Kier alpha value is -1.90. The quantitative estimate of drug-likeness (QED) is 0.872. The second kappa shape index (κ2) is 5.43. The molecule has 3 heteroatoms. The number of aryl methyl sites for hydroxylation is 2. The molecule has 17 heavy (non-hydrogen) atoms. The molecular weight excluding hydrogens is 210 g/mol. The van der Waals surface area contributed by atoms with E-state index in [0.717, 1.165) is 24.5 Å². The van der Waals surface area contributed by atoms with Gasteiger partial charge in [0, 0.05) is 24.6 Å². The summed E-state index contributed by atoms with van der Waals surface area (Å²) in [6, 6.07) is 8.08. The highest BCUT2D eigenvalue weighted by molar-refractivity contribution is 5.35. The van der Waals surface area contributed by atoms with Gasteiger partial charge in [0.05, 0.1) is 0 Å². The van der Waals surface area contributed by atoms with Crippen molar-refractivity contribution in [1.82, 2.24) is 9.97 Å². The fourth-order valence-corrected chi connectivity index (χ4v) is 1.75. The zero-order chi connectivity index (χ0) is 12.1. The first kappa shape index (κ1) is 11.6. The van der Waals surface area contributed by atoms with Crippen LogP contribution in [-0.4, -0.2) is 16.5 Å². The average Bonchev–Trinajstić information content (AvgIpc) is 2.32. The number of hydrogen-bond acceptors (Lipinski definition) is 3. The van der Waals surface area contributed by atoms with Crippen LogP contribution in [0.4, 0.5) is 5.82 Å². The predicted molar refractivity (Wildman–Crippen MR) is 70.1 cm³/mol. The Morgan fingerprint density at radius 3 is 2.82 bits per heavy atom. The van der Waals surface area contributed by atoms with Crippen molar-refractivity contribution < 1.29 is 0 Å². The maximum Gasteiger partial charge on any atom is 0.126 e. The SMILES string of the molecule is Cc1cccc(NCCc2ccncc2C)n1. The highest BCUT2D eigenvalue weighted by Gasteiger charge is 1.98. The minimum Gasteiger partial charge on any atom is -0.370 e. The van der Waals surface area contributed by atoms with Gasteiger partial charge in [-0.25, -0.2) is 4.98 Å². The van der Waals surface area contributed by atoms with Crippen LogP contribution >= 0.6 is 0 Å². The summed E-state index contributed by atoms with van der Waals surface area (Å²) < 4.78 is 0. The first-order chi connectivity index (χ1) is 8.25. The molecule has 88 valence electrons. The Morgan fingerprint density at radius 1 is 1.18 bits per heavy atom. The molecule has 0 aliphatic heterocycles. The van der Waals surface area contributed by atoms with Gasteiger partial charge in [0.15, 0.2) is 0 Å². The molecule has 2 aromatic rings. The molecule has 0 unspecified atom stereocenters. The van der Waals surface area contributed by atoms with Crippen LogP contribution in [-0.2, 0) is 6.42 Å². The van der Waals surface area contributed by atoms with E-state index in [1.807, 2.05) is 37.5 Å². The number of aromatic nitrogens is 2. The molecule has 0 fully saturated rings. The van der Waals surface area contributed by atoms with Crippen LogP contribution in [0, 0.1) is 13.8 Å². The molecule has 0 aromatic carbocycles. The van der Waals surface area contributed by atoms with Crippen LogP contribution in [0.5, 0.6) is 0 Å². The minimum absolute atomic E-state index is 0.890. The van der Waals surface area contributed by atoms with Crippen molar-refractivity contribution in [2.24, 2.45) is 0 Å². The third kappa shape index (κ3) is 3.28. The van der Waals surface area contributed by atoms with Crippen molar-refractivity contribution in [3.63, 3.8) is 0 Å². The molecule has 0 amide bonds. The summed E-state index contributed by atoms with van der Waals surface area (Å²) in [6.45, 7) is 4.98. The molecule has 2 rings (SSSR count). The van der Waals surface area contributed by atoms with Gasteiger partial charge in [-0.2, -0.15) is 0 Å². The van der Waals surface area contributed by atoms with Gasteiger partial charge in [-0.1, -0.05) is 6.07 Å². The number of hydrogen-bond donors (Lipinski definition) is 1. The Balaban J connectivity index is 1.90. The molecule has 1 N–H and O–H groups in total. The van der Waals surface area contributed by atoms with Crippen LogP contribution in [0.2, 0.25) is 0 Å². The first-order valence-electron chi connectivity index (χ1n) is 5.83. The largest absolute Gasteiger partial charge is 0.370 e. The summed E-state index contributed by atoms with van der Waals surface area (Å²) in [6.07, 6.45) is 4.73. The zero-order valence-electron chi connectivity index (χ0n) is 10.3. The first-order valence-corrected chi connectivity index (χ1v) is 5.83. The Morgan fingerprint density at radius 2 is 2.06 bits per heavy atom. The molecule has 0 spiro atoms. The van der Waals surface area contributed by atoms with E-state index < -0.39 is 0 Å². The van der Waals surface area contributed by atoms with E-state index in [1.54, 1.807) is 0 Å². The van der Waals surface area contributed by atoms with E-state index in [-0.39, 0.29) is 0 Å². The standard InChI is InChI=1S/C14H17N3/c1-11-10-15-8-6-13(11)7-9-16-14-5-3-4-12(2)17-14/h3-6,8,10H,7,9H2,1-2H3,(H,16,17). The molecule has 0 saturated carbocycles. The van der Waals surface area contributed by atoms with Crippen molar-refractivity contribution in [2.75, 3.05) is 11.9 Å². The molecule has 0 aliphatic carbocycles. The van der Waals surface area contributed by atoms with Crippen molar-refractivity contribution in [1.29, 1.82) is 0 Å². The van der Waals surface area contributed by atoms with Crippen LogP contribution in [0.1, 0.15) is 16.8 Å². The summed E-state index contributed by atoms with van der Waals surface area (Å²) in [7, 11) is 0. The minimum atomic E-state index is 0.890. The summed E-state index contributed by atoms with van der Waals surface area (Å²) in [4.78, 5) is 8.49. The summed E-state index contributed by atoms with van der Waals surface area (Å²) in [5.41, 5.74) is 3.61. The number of pyridine rings is 2. The van der Waals surface area contributed by atoms with Gasteiger partial charge in [-0.3, -0.25) is 4.98 Å². The molecule has 2 aromatic heterocycles. The van der Waals surface area contributed by atoms with Crippen LogP contribution in [0.25, 0.3) is 0 Å². The Labute approximate surface area is 102 Å². The highest BCUT2D eigenvalue weighted by atomic mass is 15.0. The molecule has 3 nitrogen and oxygen atoms in total. The van der Waals surface area contributed by atoms with E-state index in [2.05, 4.69) is 28.3 Å². The van der Waals surface area contributed by atoms with Gasteiger partial charge >= 0.3 is 0 Å². The molecule has 2 heterocycles. The lowest BCUT2D eigenvalue weighted by molar-refractivity contribution is 0.981. The summed E-state index contributed by atoms with van der Waals surface area (Å²) in [5, 5.41) is 3.33. The van der Waals surface area contributed by atoms with Gasteiger partial charge in [0.25, 0.3) is 0 Å². The van der Waals surface area contributed by atoms with Crippen molar-refractivity contribution in [3.05, 3.63) is 53.5 Å². The van der Waals surface area contributed by atoms with Gasteiger partial charge in [-0.15, -0.1) is 0 Å². The molecule has 0 radical (unpaired) electrons. The van der Waals surface area contributed by atoms with Crippen LogP contribution in [0.15, 0.2) is 36.7 Å². The fraction of sp³-hybridized carbons (Fsp3) is 0.286. The lowest BCUT2D eigenvalue weighted by Crippen LogP contribution is -2.07. The molecule has 0 bridgehead atoms. The monoisotopic (exact) mass is 227 g/mol. The van der Waals surface area contributed by atoms with Crippen molar-refractivity contribution in [2.45, 2.75) is 20.3 Å². The molecule has 0 saturated heterocycles. The second-order valence-corrected chi connectivity index (χ2v) is 4.14. The average molecular weight is 227 g/mol. The number of nitrogens with one attached hydrogen (secondary N) is 1. The zero-order valence-corrected chi connectivity index (χ0v) is 10.3. The number of nitrogens with zero attached hydrogens (tertiary/aromatic N) is 2. The Kier molecular flexibility index (Phi) is 3.70. The smallest absolute Gasteiger partial charge is 0.126 e. The molecule has 0 aliphatic rings. The third-order valence-corrected chi connectivity index (χ3v) is 2.73. The van der Waals surface area contributed by atoms with E-state index in [4.69, 9.17) is 0 Å². The Bertz CT molecular complexity index is 494. The lowest BCUT2D eigenvalue weighted by atomic mass is 10.1. The predicted octanol–water partition coefficient (Wildman–Crippen LogP) is 2.75. The van der Waals surface area contributed by atoms with Crippen molar-refractivity contribution in [3.8, 4) is 0 Å². The van der Waals surface area contributed by atoms with Gasteiger partial charge < -0.3 is 5.32 Å². The van der Waals surface area contributed by atoms with Crippen molar-refractivity contribution >= 4 is 5.82 Å². The maximum absolute atomic E-state index is 4.40. The van der Waals surface area contributed by atoms with E-state index in [0.29, 0.717) is 0 Å². The summed E-state index contributed by atoms with van der Waals surface area (Å²) >= 11 is 0.